The lowest BCUT2D eigenvalue weighted by molar-refractivity contribution is 0.0526. The molecule has 7 heteroatoms. The van der Waals surface area contributed by atoms with Gasteiger partial charge in [-0.1, -0.05) is 18.2 Å². The molecular formula is C27H24N2O4S. The van der Waals surface area contributed by atoms with Crippen molar-refractivity contribution >= 4 is 29.3 Å². The van der Waals surface area contributed by atoms with Crippen LogP contribution in [0.5, 0.6) is 0 Å². The van der Waals surface area contributed by atoms with E-state index in [4.69, 9.17) is 9.15 Å². The monoisotopic (exact) mass is 472 g/mol. The van der Waals surface area contributed by atoms with Crippen molar-refractivity contribution in [3.05, 3.63) is 101 Å². The van der Waals surface area contributed by atoms with Crippen LogP contribution in [0, 0.1) is 6.92 Å². The van der Waals surface area contributed by atoms with Gasteiger partial charge in [0.1, 0.15) is 5.76 Å². The average Bonchev–Trinajstić information content (AvgIpc) is 3.24. The van der Waals surface area contributed by atoms with E-state index in [1.54, 1.807) is 55.1 Å². The number of benzene rings is 3. The fraction of sp³-hybridized carbons (Fsp3) is 0.148. The lowest BCUT2D eigenvalue weighted by atomic mass is 10.1. The van der Waals surface area contributed by atoms with Crippen LogP contribution in [-0.4, -0.2) is 23.5 Å². The van der Waals surface area contributed by atoms with Gasteiger partial charge in [0.25, 0.3) is 5.91 Å². The van der Waals surface area contributed by atoms with Gasteiger partial charge < -0.3 is 14.5 Å². The predicted octanol–water partition coefficient (Wildman–Crippen LogP) is 6.37. The highest BCUT2D eigenvalue weighted by Gasteiger charge is 2.14. The summed E-state index contributed by atoms with van der Waals surface area (Å²) in [5.41, 5.74) is 3.23. The van der Waals surface area contributed by atoms with Crippen LogP contribution >= 0.6 is 11.8 Å². The zero-order valence-electron chi connectivity index (χ0n) is 18.9. The Morgan fingerprint density at radius 1 is 0.941 bits per heavy atom. The maximum Gasteiger partial charge on any atom is 0.338 e. The van der Waals surface area contributed by atoms with Gasteiger partial charge in [0.05, 0.1) is 17.9 Å². The first kappa shape index (κ1) is 23.3. The van der Waals surface area contributed by atoms with Crippen molar-refractivity contribution in [2.45, 2.75) is 24.5 Å². The summed E-state index contributed by atoms with van der Waals surface area (Å²) in [6, 6.07) is 23.8. The standard InChI is InChI=1S/C27H24N2O4S/c1-3-32-27(31)21-13-15-22(16-14-21)28-25(30)19-9-11-20(12-10-19)26-29-24(18(2)33-26)17-34-23-7-5-4-6-8-23/h4-16H,3,17H2,1-2H3,(H,28,30). The summed E-state index contributed by atoms with van der Waals surface area (Å²) in [5.74, 6) is 1.39. The van der Waals surface area contributed by atoms with Crippen molar-refractivity contribution in [2.24, 2.45) is 0 Å². The largest absolute Gasteiger partial charge is 0.462 e. The van der Waals surface area contributed by atoms with Crippen molar-refractivity contribution in [1.29, 1.82) is 0 Å². The van der Waals surface area contributed by atoms with E-state index >= 15 is 0 Å². The molecule has 0 fully saturated rings. The van der Waals surface area contributed by atoms with Crippen molar-refractivity contribution in [3.63, 3.8) is 0 Å². The number of rotatable bonds is 8. The summed E-state index contributed by atoms with van der Waals surface area (Å²) in [6.07, 6.45) is 0. The Kier molecular flexibility index (Phi) is 7.44. The zero-order valence-corrected chi connectivity index (χ0v) is 19.7. The number of thioether (sulfide) groups is 1. The Morgan fingerprint density at radius 2 is 1.62 bits per heavy atom. The number of aryl methyl sites for hydroxylation is 1. The Balaban J connectivity index is 1.39. The molecule has 0 aliphatic rings. The van der Waals surface area contributed by atoms with E-state index < -0.39 is 0 Å². The van der Waals surface area contributed by atoms with Crippen LogP contribution in [0.1, 0.15) is 39.1 Å². The lowest BCUT2D eigenvalue weighted by Gasteiger charge is -2.07. The molecule has 0 saturated carbocycles. The Labute approximate surface area is 202 Å². The highest BCUT2D eigenvalue weighted by molar-refractivity contribution is 7.98. The number of esters is 1. The van der Waals surface area contributed by atoms with Crippen molar-refractivity contribution < 1.29 is 18.7 Å². The normalized spacial score (nSPS) is 10.6. The summed E-state index contributed by atoms with van der Waals surface area (Å²) >= 11 is 1.71. The first-order chi connectivity index (χ1) is 16.5. The van der Waals surface area contributed by atoms with Crippen LogP contribution in [0.2, 0.25) is 0 Å². The fourth-order valence-corrected chi connectivity index (χ4v) is 4.15. The van der Waals surface area contributed by atoms with Gasteiger partial charge in [-0.05, 0) is 74.5 Å². The van der Waals surface area contributed by atoms with Crippen molar-refractivity contribution in [1.82, 2.24) is 4.98 Å². The molecule has 3 aromatic carbocycles. The molecule has 1 heterocycles. The molecule has 172 valence electrons. The minimum atomic E-state index is -0.389. The summed E-state index contributed by atoms with van der Waals surface area (Å²) in [7, 11) is 0. The molecule has 1 amide bonds. The summed E-state index contributed by atoms with van der Waals surface area (Å²) in [4.78, 5) is 30.2. The van der Waals surface area contributed by atoms with Crippen LogP contribution in [0.3, 0.4) is 0 Å². The van der Waals surface area contributed by atoms with Gasteiger partial charge in [0.2, 0.25) is 5.89 Å². The van der Waals surface area contributed by atoms with E-state index in [9.17, 15) is 9.59 Å². The summed E-state index contributed by atoms with van der Waals surface area (Å²) in [6.45, 7) is 3.98. The second-order valence-electron chi connectivity index (χ2n) is 7.45. The molecule has 0 unspecified atom stereocenters. The quantitative estimate of drug-likeness (QED) is 0.237. The molecule has 4 rings (SSSR count). The Bertz CT molecular complexity index is 1270. The maximum absolute atomic E-state index is 12.6. The van der Waals surface area contributed by atoms with Crippen LogP contribution < -0.4 is 5.32 Å². The first-order valence-corrected chi connectivity index (χ1v) is 11.8. The molecule has 0 radical (unpaired) electrons. The Hall–Kier alpha value is -3.84. The number of hydrogen-bond donors (Lipinski definition) is 1. The molecule has 1 aromatic heterocycles. The minimum Gasteiger partial charge on any atom is -0.462 e. The number of hydrogen-bond acceptors (Lipinski definition) is 6. The number of nitrogens with one attached hydrogen (secondary N) is 1. The van der Waals surface area contributed by atoms with Crippen LogP contribution in [-0.2, 0) is 10.5 Å². The van der Waals surface area contributed by atoms with E-state index in [-0.39, 0.29) is 11.9 Å². The smallest absolute Gasteiger partial charge is 0.338 e. The van der Waals surface area contributed by atoms with Crippen molar-refractivity contribution in [3.8, 4) is 11.5 Å². The minimum absolute atomic E-state index is 0.251. The number of ether oxygens (including phenoxy) is 1. The van der Waals surface area contributed by atoms with Crippen LogP contribution in [0.25, 0.3) is 11.5 Å². The highest BCUT2D eigenvalue weighted by atomic mass is 32.2. The number of carbonyl (C=O) groups is 2. The number of aromatic nitrogens is 1. The Morgan fingerprint density at radius 3 is 2.29 bits per heavy atom. The summed E-state index contributed by atoms with van der Waals surface area (Å²) < 4.78 is 10.8. The molecular weight excluding hydrogens is 448 g/mol. The first-order valence-electron chi connectivity index (χ1n) is 10.9. The van der Waals surface area contributed by atoms with Crippen LogP contribution in [0.15, 0.2) is 88.2 Å². The molecule has 0 atom stereocenters. The highest BCUT2D eigenvalue weighted by Crippen LogP contribution is 2.27. The molecule has 0 aliphatic heterocycles. The molecule has 0 spiro atoms. The molecule has 4 aromatic rings. The lowest BCUT2D eigenvalue weighted by Crippen LogP contribution is -2.12. The van der Waals surface area contributed by atoms with E-state index in [1.165, 1.54) is 4.90 Å². The van der Waals surface area contributed by atoms with Gasteiger partial charge in [-0.3, -0.25) is 4.79 Å². The van der Waals surface area contributed by atoms with Gasteiger partial charge in [-0.15, -0.1) is 11.8 Å². The molecule has 0 aliphatic carbocycles. The molecule has 34 heavy (non-hydrogen) atoms. The van der Waals surface area contributed by atoms with Gasteiger partial charge in [0, 0.05) is 27.5 Å². The average molecular weight is 473 g/mol. The van der Waals surface area contributed by atoms with E-state index in [2.05, 4.69) is 22.4 Å². The number of carbonyl (C=O) groups excluding carboxylic acids is 2. The van der Waals surface area contributed by atoms with E-state index in [0.29, 0.717) is 29.3 Å². The number of anilines is 1. The zero-order chi connectivity index (χ0) is 23.9. The third kappa shape index (κ3) is 5.74. The third-order valence-corrected chi connectivity index (χ3v) is 6.08. The van der Waals surface area contributed by atoms with Crippen molar-refractivity contribution in [2.75, 3.05) is 11.9 Å². The number of amides is 1. The fourth-order valence-electron chi connectivity index (χ4n) is 3.23. The molecule has 0 saturated heterocycles. The second kappa shape index (κ2) is 10.9. The van der Waals surface area contributed by atoms with Gasteiger partial charge >= 0.3 is 5.97 Å². The van der Waals surface area contributed by atoms with Gasteiger partial charge in [-0.2, -0.15) is 0 Å². The predicted molar refractivity (Wildman–Crippen MR) is 133 cm³/mol. The number of oxazole rings is 1. The summed E-state index contributed by atoms with van der Waals surface area (Å²) in [5, 5.41) is 2.83. The second-order valence-corrected chi connectivity index (χ2v) is 8.50. The molecule has 6 nitrogen and oxygen atoms in total. The maximum atomic E-state index is 12.6. The van der Waals surface area contributed by atoms with Gasteiger partial charge in [0.15, 0.2) is 0 Å². The molecule has 1 N–H and O–H groups in total. The number of nitrogens with zero attached hydrogens (tertiary/aromatic N) is 1. The molecule has 0 bridgehead atoms. The topological polar surface area (TPSA) is 81.4 Å². The van der Waals surface area contributed by atoms with E-state index in [0.717, 1.165) is 22.8 Å². The third-order valence-electron chi connectivity index (χ3n) is 5.06. The van der Waals surface area contributed by atoms with Crippen LogP contribution in [0.4, 0.5) is 5.69 Å². The van der Waals surface area contributed by atoms with E-state index in [1.807, 2.05) is 37.3 Å². The SMILES string of the molecule is CCOC(=O)c1ccc(NC(=O)c2ccc(-c3nc(CSc4ccccc4)c(C)o3)cc2)cc1. The van der Waals surface area contributed by atoms with Gasteiger partial charge in [-0.25, -0.2) is 9.78 Å².